The molecule has 1 N–H and O–H groups in total. The van der Waals surface area contributed by atoms with Gasteiger partial charge in [0.25, 0.3) is 9.05 Å². The summed E-state index contributed by atoms with van der Waals surface area (Å²) in [4.78, 5) is 0.0256. The lowest BCUT2D eigenvalue weighted by atomic mass is 10.2. The number of rotatable bonds is 1. The molecule has 1 unspecified atom stereocenters. The van der Waals surface area contributed by atoms with Crippen LogP contribution in [0.25, 0.3) is 0 Å². The van der Waals surface area contributed by atoms with Crippen molar-refractivity contribution in [3.63, 3.8) is 0 Å². The zero-order chi connectivity index (χ0) is 11.2. The fourth-order valence-electron chi connectivity index (χ4n) is 1.63. The summed E-state index contributed by atoms with van der Waals surface area (Å²) in [6.07, 6.45) is 0.584. The van der Waals surface area contributed by atoms with E-state index in [0.29, 0.717) is 23.1 Å². The SMILES string of the molecule is O=S(=O)(Cl)c1cc2c(cc1Br)[NH+]([O-])CC2. The molecule has 7 heteroatoms. The molecule has 1 aliphatic rings. The van der Waals surface area contributed by atoms with E-state index in [4.69, 9.17) is 10.7 Å². The molecule has 1 atom stereocenters. The lowest BCUT2D eigenvalue weighted by Crippen LogP contribution is -3.00. The first kappa shape index (κ1) is 11.3. The Hall–Kier alpha value is -0.140. The van der Waals surface area contributed by atoms with E-state index in [-0.39, 0.29) is 9.96 Å². The van der Waals surface area contributed by atoms with Gasteiger partial charge >= 0.3 is 0 Å². The van der Waals surface area contributed by atoms with Crippen molar-refractivity contribution >= 4 is 41.4 Å². The largest absolute Gasteiger partial charge is 0.629 e. The summed E-state index contributed by atoms with van der Waals surface area (Å²) in [6.45, 7) is 0.438. The third kappa shape index (κ3) is 2.05. The van der Waals surface area contributed by atoms with E-state index in [2.05, 4.69) is 15.9 Å². The van der Waals surface area contributed by atoms with Crippen LogP contribution in [0, 0.1) is 5.21 Å². The third-order valence-electron chi connectivity index (χ3n) is 2.34. The van der Waals surface area contributed by atoms with Crippen molar-refractivity contribution in [2.45, 2.75) is 11.3 Å². The molecule has 15 heavy (non-hydrogen) atoms. The molecule has 0 saturated carbocycles. The van der Waals surface area contributed by atoms with Crippen LogP contribution in [0.5, 0.6) is 0 Å². The van der Waals surface area contributed by atoms with Crippen molar-refractivity contribution in [2.24, 2.45) is 0 Å². The number of hydrogen-bond acceptors (Lipinski definition) is 3. The minimum absolute atomic E-state index is 0.0256. The Morgan fingerprint density at radius 2 is 2.13 bits per heavy atom. The van der Waals surface area contributed by atoms with E-state index in [1.54, 1.807) is 0 Å². The lowest BCUT2D eigenvalue weighted by Gasteiger charge is -2.15. The van der Waals surface area contributed by atoms with Crippen LogP contribution in [0.15, 0.2) is 21.5 Å². The Bertz CT molecular complexity index is 517. The second-order valence-corrected chi connectivity index (χ2v) is 6.69. The molecular weight excluding hydrogens is 306 g/mol. The van der Waals surface area contributed by atoms with Crippen LogP contribution in [0.1, 0.15) is 5.56 Å². The molecule has 0 amide bonds. The average Bonchev–Trinajstić information content (AvgIpc) is 2.45. The van der Waals surface area contributed by atoms with Crippen LogP contribution in [-0.2, 0) is 15.5 Å². The molecule has 0 bridgehead atoms. The van der Waals surface area contributed by atoms with Gasteiger partial charge in [0.15, 0.2) is 0 Å². The number of quaternary nitrogens is 1. The van der Waals surface area contributed by atoms with Crippen molar-refractivity contribution in [1.82, 2.24) is 0 Å². The van der Waals surface area contributed by atoms with Gasteiger partial charge in [0.2, 0.25) is 0 Å². The van der Waals surface area contributed by atoms with Gasteiger partial charge in [-0.2, -0.15) is 0 Å². The Morgan fingerprint density at radius 3 is 2.73 bits per heavy atom. The summed E-state index contributed by atoms with van der Waals surface area (Å²) in [5.41, 5.74) is 1.34. The molecule has 0 aliphatic carbocycles. The first-order valence-electron chi connectivity index (χ1n) is 4.20. The number of fused-ring (bicyclic) bond motifs is 1. The maximum Gasteiger partial charge on any atom is 0.262 e. The fourth-order valence-corrected chi connectivity index (χ4v) is 3.85. The molecule has 82 valence electrons. The van der Waals surface area contributed by atoms with Crippen molar-refractivity contribution in [2.75, 3.05) is 6.54 Å². The molecule has 2 rings (SSSR count). The monoisotopic (exact) mass is 311 g/mol. The van der Waals surface area contributed by atoms with Crippen molar-refractivity contribution < 1.29 is 13.5 Å². The smallest absolute Gasteiger partial charge is 0.262 e. The van der Waals surface area contributed by atoms with Gasteiger partial charge in [-0.25, -0.2) is 8.42 Å². The lowest BCUT2D eigenvalue weighted by molar-refractivity contribution is -0.768. The van der Waals surface area contributed by atoms with E-state index in [1.807, 2.05) is 0 Å². The highest BCUT2D eigenvalue weighted by atomic mass is 79.9. The Balaban J connectivity index is 2.64. The number of halogens is 2. The summed E-state index contributed by atoms with van der Waals surface area (Å²) in [5, 5.41) is 11.4. The van der Waals surface area contributed by atoms with E-state index >= 15 is 0 Å². The van der Waals surface area contributed by atoms with Crippen LogP contribution in [0.4, 0.5) is 5.69 Å². The predicted octanol–water partition coefficient (Wildman–Crippen LogP) is 0.947. The third-order valence-corrected chi connectivity index (χ3v) is 4.62. The van der Waals surface area contributed by atoms with Crippen molar-refractivity contribution in [3.05, 3.63) is 27.4 Å². The average molecular weight is 313 g/mol. The second kappa shape index (κ2) is 3.71. The fraction of sp³-hybridized carbons (Fsp3) is 0.250. The Morgan fingerprint density at radius 1 is 1.47 bits per heavy atom. The maximum atomic E-state index is 11.4. The number of benzene rings is 1. The molecule has 1 heterocycles. The van der Waals surface area contributed by atoms with E-state index in [0.717, 1.165) is 5.56 Å². The highest BCUT2D eigenvalue weighted by Gasteiger charge is 2.24. The van der Waals surface area contributed by atoms with Crippen molar-refractivity contribution in [1.29, 1.82) is 0 Å². The van der Waals surface area contributed by atoms with Crippen LogP contribution in [0.2, 0.25) is 0 Å². The number of nitrogens with one attached hydrogen (secondary N) is 1. The second-order valence-electron chi connectivity index (χ2n) is 3.30. The molecule has 0 aromatic heterocycles. The first-order chi connectivity index (χ1) is 6.89. The molecule has 0 radical (unpaired) electrons. The highest BCUT2D eigenvalue weighted by molar-refractivity contribution is 9.10. The van der Waals surface area contributed by atoms with Crippen LogP contribution < -0.4 is 5.06 Å². The highest BCUT2D eigenvalue weighted by Crippen LogP contribution is 2.31. The van der Waals surface area contributed by atoms with Gasteiger partial charge in [-0.15, -0.1) is 0 Å². The molecule has 1 aromatic carbocycles. The van der Waals surface area contributed by atoms with E-state index in [1.165, 1.54) is 12.1 Å². The minimum Gasteiger partial charge on any atom is -0.629 e. The standard InChI is InChI=1S/C8H7BrClNO3S/c9-6-4-7-5(1-2-11(7)12)3-8(6)15(10,13)14/h3-4,11H,1-2H2. The number of hydroxylamine groups is 1. The van der Waals surface area contributed by atoms with Crippen molar-refractivity contribution in [3.8, 4) is 0 Å². The first-order valence-corrected chi connectivity index (χ1v) is 7.30. The van der Waals surface area contributed by atoms with Crippen LogP contribution in [0.3, 0.4) is 0 Å². The molecule has 1 aliphatic heterocycles. The van der Waals surface area contributed by atoms with Gasteiger partial charge < -0.3 is 10.3 Å². The van der Waals surface area contributed by atoms with Crippen LogP contribution in [-0.4, -0.2) is 15.0 Å². The predicted molar refractivity (Wildman–Crippen MR) is 59.7 cm³/mol. The van der Waals surface area contributed by atoms with Gasteiger partial charge in [-0.1, -0.05) is 0 Å². The molecule has 1 aromatic rings. The summed E-state index contributed by atoms with van der Waals surface area (Å²) in [6, 6.07) is 2.99. The molecule has 0 fully saturated rings. The molecule has 4 nitrogen and oxygen atoms in total. The van der Waals surface area contributed by atoms with Crippen LogP contribution >= 0.6 is 26.6 Å². The maximum absolute atomic E-state index is 11.4. The summed E-state index contributed by atoms with van der Waals surface area (Å²) in [7, 11) is 1.50. The number of hydrogen-bond donors (Lipinski definition) is 1. The van der Waals surface area contributed by atoms with Gasteiger partial charge in [0.1, 0.15) is 5.69 Å². The normalized spacial score (nSPS) is 20.3. The van der Waals surface area contributed by atoms with E-state index < -0.39 is 9.05 Å². The summed E-state index contributed by atoms with van der Waals surface area (Å²) in [5.74, 6) is 0. The summed E-state index contributed by atoms with van der Waals surface area (Å²) < 4.78 is 22.7. The van der Waals surface area contributed by atoms with Gasteiger partial charge in [-0.3, -0.25) is 0 Å². The zero-order valence-corrected chi connectivity index (χ0v) is 10.6. The zero-order valence-electron chi connectivity index (χ0n) is 7.46. The van der Waals surface area contributed by atoms with Gasteiger partial charge in [-0.05, 0) is 22.0 Å². The molecular formula is C8H7BrClNO3S. The Kier molecular flexibility index (Phi) is 2.81. The molecule has 0 spiro atoms. The topological polar surface area (TPSA) is 61.6 Å². The van der Waals surface area contributed by atoms with Gasteiger partial charge in [0.05, 0.1) is 11.4 Å². The Labute approximate surface area is 100.0 Å². The van der Waals surface area contributed by atoms with Gasteiger partial charge in [0, 0.05) is 33.2 Å². The quantitative estimate of drug-likeness (QED) is 0.620. The van der Waals surface area contributed by atoms with E-state index in [9.17, 15) is 13.6 Å². The minimum atomic E-state index is -3.76. The summed E-state index contributed by atoms with van der Waals surface area (Å²) >= 11 is 3.10. The molecule has 0 saturated heterocycles.